The van der Waals surface area contributed by atoms with Crippen molar-refractivity contribution in [3.63, 3.8) is 0 Å². The van der Waals surface area contributed by atoms with Crippen molar-refractivity contribution in [1.29, 1.82) is 0 Å². The van der Waals surface area contributed by atoms with Gasteiger partial charge in [-0.2, -0.15) is 0 Å². The zero-order valence-electron chi connectivity index (χ0n) is 10.5. The van der Waals surface area contributed by atoms with Gasteiger partial charge in [-0.25, -0.2) is 4.39 Å². The van der Waals surface area contributed by atoms with Crippen LogP contribution in [0.1, 0.15) is 26.2 Å². The minimum Gasteiger partial charge on any atom is -0.353 e. The SMILES string of the molecule is CC1CCC(NC(=O)CSc2ccc(F)cc2)C1. The Kier molecular flexibility index (Phi) is 4.64. The standard InChI is InChI=1S/C14H18FNOS/c1-10-2-5-12(8-10)16-14(17)9-18-13-6-3-11(15)4-7-13/h3-4,6-7,10,12H,2,5,8-9H2,1H3,(H,16,17). The average molecular weight is 267 g/mol. The lowest BCUT2D eigenvalue weighted by Crippen LogP contribution is -2.34. The van der Waals surface area contributed by atoms with Crippen molar-refractivity contribution in [2.24, 2.45) is 5.92 Å². The Labute approximate surface area is 111 Å². The van der Waals surface area contributed by atoms with Crippen molar-refractivity contribution >= 4 is 17.7 Å². The molecule has 1 aromatic rings. The molecule has 18 heavy (non-hydrogen) atoms. The van der Waals surface area contributed by atoms with Crippen LogP contribution in [0.3, 0.4) is 0 Å². The third-order valence-electron chi connectivity index (χ3n) is 3.24. The molecule has 2 unspecified atom stereocenters. The monoisotopic (exact) mass is 267 g/mol. The molecule has 1 aliphatic carbocycles. The summed E-state index contributed by atoms with van der Waals surface area (Å²) in [5, 5.41) is 3.06. The molecule has 0 bridgehead atoms. The van der Waals surface area contributed by atoms with Gasteiger partial charge in [-0.1, -0.05) is 6.92 Å². The van der Waals surface area contributed by atoms with Gasteiger partial charge in [0.1, 0.15) is 5.82 Å². The summed E-state index contributed by atoms with van der Waals surface area (Å²) in [7, 11) is 0. The molecule has 4 heteroatoms. The fourth-order valence-corrected chi connectivity index (χ4v) is 3.00. The summed E-state index contributed by atoms with van der Waals surface area (Å²) in [5.74, 6) is 0.948. The molecule has 0 aliphatic heterocycles. The zero-order chi connectivity index (χ0) is 13.0. The first-order valence-electron chi connectivity index (χ1n) is 6.31. The van der Waals surface area contributed by atoms with Crippen LogP contribution >= 0.6 is 11.8 Å². The van der Waals surface area contributed by atoms with Crippen LogP contribution in [0, 0.1) is 11.7 Å². The molecule has 0 radical (unpaired) electrons. The van der Waals surface area contributed by atoms with Crippen LogP contribution < -0.4 is 5.32 Å². The number of hydrogen-bond acceptors (Lipinski definition) is 2. The zero-order valence-corrected chi connectivity index (χ0v) is 11.3. The summed E-state index contributed by atoms with van der Waals surface area (Å²) in [6, 6.07) is 6.58. The molecule has 2 atom stereocenters. The smallest absolute Gasteiger partial charge is 0.230 e. The van der Waals surface area contributed by atoms with E-state index in [1.807, 2.05) is 0 Å². The lowest BCUT2D eigenvalue weighted by Gasteiger charge is -2.12. The number of nitrogens with one attached hydrogen (secondary N) is 1. The van der Waals surface area contributed by atoms with Crippen LogP contribution in [0.2, 0.25) is 0 Å². The Balaban J connectivity index is 1.73. The van der Waals surface area contributed by atoms with Crippen LogP contribution in [0.5, 0.6) is 0 Å². The Morgan fingerprint density at radius 1 is 1.39 bits per heavy atom. The first kappa shape index (κ1) is 13.4. The highest BCUT2D eigenvalue weighted by Crippen LogP contribution is 2.25. The van der Waals surface area contributed by atoms with Gasteiger partial charge in [0.05, 0.1) is 5.75 Å². The van der Waals surface area contributed by atoms with E-state index in [-0.39, 0.29) is 11.7 Å². The molecule has 0 heterocycles. The first-order valence-corrected chi connectivity index (χ1v) is 7.30. The quantitative estimate of drug-likeness (QED) is 0.849. The molecule has 0 aromatic heterocycles. The largest absolute Gasteiger partial charge is 0.353 e. The van der Waals surface area contributed by atoms with E-state index in [9.17, 15) is 9.18 Å². The molecule has 2 rings (SSSR count). The van der Waals surface area contributed by atoms with Gasteiger partial charge in [0, 0.05) is 10.9 Å². The molecule has 1 saturated carbocycles. The van der Waals surface area contributed by atoms with E-state index in [2.05, 4.69) is 12.2 Å². The summed E-state index contributed by atoms with van der Waals surface area (Å²) in [5.41, 5.74) is 0. The van der Waals surface area contributed by atoms with E-state index >= 15 is 0 Å². The Morgan fingerprint density at radius 3 is 2.72 bits per heavy atom. The average Bonchev–Trinajstić information content (AvgIpc) is 2.74. The fraction of sp³-hybridized carbons (Fsp3) is 0.500. The second-order valence-electron chi connectivity index (χ2n) is 4.93. The van der Waals surface area contributed by atoms with Crippen molar-refractivity contribution in [1.82, 2.24) is 5.32 Å². The lowest BCUT2D eigenvalue weighted by atomic mass is 10.1. The predicted molar refractivity (Wildman–Crippen MR) is 72.1 cm³/mol. The van der Waals surface area contributed by atoms with Crippen LogP contribution in [-0.4, -0.2) is 17.7 Å². The number of benzene rings is 1. The summed E-state index contributed by atoms with van der Waals surface area (Å²) in [6.07, 6.45) is 3.39. The van der Waals surface area contributed by atoms with Gasteiger partial charge in [-0.05, 0) is 49.4 Å². The van der Waals surface area contributed by atoms with Crippen molar-refractivity contribution in [2.45, 2.75) is 37.1 Å². The summed E-state index contributed by atoms with van der Waals surface area (Å²) < 4.78 is 12.7. The van der Waals surface area contributed by atoms with Crippen molar-refractivity contribution in [2.75, 3.05) is 5.75 Å². The molecular formula is C14H18FNOS. The van der Waals surface area contributed by atoms with Crippen molar-refractivity contribution in [3.8, 4) is 0 Å². The van der Waals surface area contributed by atoms with Crippen LogP contribution in [-0.2, 0) is 4.79 Å². The van der Waals surface area contributed by atoms with Crippen LogP contribution in [0.4, 0.5) is 4.39 Å². The summed E-state index contributed by atoms with van der Waals surface area (Å²) in [6.45, 7) is 2.22. The molecule has 0 spiro atoms. The van der Waals surface area contributed by atoms with E-state index in [1.54, 1.807) is 12.1 Å². The Morgan fingerprint density at radius 2 is 2.11 bits per heavy atom. The van der Waals surface area contributed by atoms with E-state index in [0.717, 1.165) is 23.7 Å². The van der Waals surface area contributed by atoms with Gasteiger partial charge >= 0.3 is 0 Å². The predicted octanol–water partition coefficient (Wildman–Crippen LogP) is 3.22. The topological polar surface area (TPSA) is 29.1 Å². The molecule has 1 fully saturated rings. The van der Waals surface area contributed by atoms with Gasteiger partial charge in [0.15, 0.2) is 0 Å². The minimum absolute atomic E-state index is 0.0726. The summed E-state index contributed by atoms with van der Waals surface area (Å²) in [4.78, 5) is 12.7. The highest BCUT2D eigenvalue weighted by molar-refractivity contribution is 8.00. The van der Waals surface area contributed by atoms with E-state index in [1.165, 1.54) is 30.3 Å². The number of hydrogen-bond donors (Lipinski definition) is 1. The molecular weight excluding hydrogens is 249 g/mol. The number of thioether (sulfide) groups is 1. The molecule has 0 saturated heterocycles. The number of amides is 1. The van der Waals surface area contributed by atoms with Crippen LogP contribution in [0.15, 0.2) is 29.2 Å². The number of halogens is 1. The maximum atomic E-state index is 12.7. The normalized spacial score (nSPS) is 23.0. The molecule has 1 N–H and O–H groups in total. The lowest BCUT2D eigenvalue weighted by molar-refractivity contribution is -0.119. The second-order valence-corrected chi connectivity index (χ2v) is 5.97. The van der Waals surface area contributed by atoms with E-state index in [0.29, 0.717) is 11.8 Å². The first-order chi connectivity index (χ1) is 8.63. The van der Waals surface area contributed by atoms with Crippen molar-refractivity contribution in [3.05, 3.63) is 30.1 Å². The molecule has 2 nitrogen and oxygen atoms in total. The van der Waals surface area contributed by atoms with E-state index in [4.69, 9.17) is 0 Å². The fourth-order valence-electron chi connectivity index (χ4n) is 2.29. The Hall–Kier alpha value is -1.03. The van der Waals surface area contributed by atoms with Crippen LogP contribution in [0.25, 0.3) is 0 Å². The summed E-state index contributed by atoms with van der Waals surface area (Å²) >= 11 is 1.44. The van der Waals surface area contributed by atoms with Gasteiger partial charge in [-0.3, -0.25) is 4.79 Å². The molecule has 1 amide bonds. The third kappa shape index (κ3) is 4.02. The van der Waals surface area contributed by atoms with Gasteiger partial charge in [0.2, 0.25) is 5.91 Å². The van der Waals surface area contributed by atoms with Gasteiger partial charge in [0.25, 0.3) is 0 Å². The maximum Gasteiger partial charge on any atom is 0.230 e. The third-order valence-corrected chi connectivity index (χ3v) is 4.26. The number of carbonyl (C=O) groups is 1. The van der Waals surface area contributed by atoms with E-state index < -0.39 is 0 Å². The molecule has 98 valence electrons. The highest BCUT2D eigenvalue weighted by Gasteiger charge is 2.22. The second kappa shape index (κ2) is 6.23. The highest BCUT2D eigenvalue weighted by atomic mass is 32.2. The van der Waals surface area contributed by atoms with Gasteiger partial charge < -0.3 is 5.32 Å². The molecule has 1 aromatic carbocycles. The number of rotatable bonds is 4. The molecule has 1 aliphatic rings. The van der Waals surface area contributed by atoms with Crippen molar-refractivity contribution < 1.29 is 9.18 Å². The number of carbonyl (C=O) groups excluding carboxylic acids is 1. The van der Waals surface area contributed by atoms with Gasteiger partial charge in [-0.15, -0.1) is 11.8 Å². The minimum atomic E-state index is -0.247. The Bertz CT molecular complexity index is 407. The maximum absolute atomic E-state index is 12.7.